The van der Waals surface area contributed by atoms with Crippen molar-refractivity contribution in [1.82, 2.24) is 20.2 Å². The first-order chi connectivity index (χ1) is 13.9. The van der Waals surface area contributed by atoms with E-state index in [1.165, 1.54) is 18.2 Å². The number of hydrogen-bond donors (Lipinski definition) is 1. The Bertz CT molecular complexity index is 1090. The maximum absolute atomic E-state index is 12.5. The molecule has 9 heteroatoms. The van der Waals surface area contributed by atoms with Gasteiger partial charge in [0.05, 0.1) is 29.0 Å². The summed E-state index contributed by atoms with van der Waals surface area (Å²) in [6, 6.07) is 11.3. The molecular formula is C20H16F3N5O. The first kappa shape index (κ1) is 18.6. The summed E-state index contributed by atoms with van der Waals surface area (Å²) >= 11 is 0. The smallest absolute Gasteiger partial charge is 0.406 e. The van der Waals surface area contributed by atoms with Gasteiger partial charge < -0.3 is 4.74 Å². The number of rotatable bonds is 4. The molecule has 0 saturated carbocycles. The molecule has 0 unspecified atom stereocenters. The van der Waals surface area contributed by atoms with Gasteiger partial charge in [-0.2, -0.15) is 5.10 Å². The second kappa shape index (κ2) is 7.34. The van der Waals surface area contributed by atoms with Crippen molar-refractivity contribution in [1.29, 1.82) is 0 Å². The van der Waals surface area contributed by atoms with Crippen LogP contribution in [-0.2, 0) is 0 Å². The lowest BCUT2D eigenvalue weighted by Crippen LogP contribution is -2.34. The third-order valence-electron chi connectivity index (χ3n) is 4.11. The molecule has 0 atom stereocenters. The molecule has 0 saturated heterocycles. The van der Waals surface area contributed by atoms with E-state index in [-0.39, 0.29) is 5.75 Å². The number of anilines is 1. The number of alkyl halides is 3. The Hall–Kier alpha value is -3.75. The third kappa shape index (κ3) is 4.23. The summed E-state index contributed by atoms with van der Waals surface area (Å²) in [5.41, 5.74) is 6.88. The van der Waals surface area contributed by atoms with Gasteiger partial charge in [-0.25, -0.2) is 4.68 Å². The molecule has 0 fully saturated rings. The van der Waals surface area contributed by atoms with E-state index < -0.39 is 6.36 Å². The summed E-state index contributed by atoms with van der Waals surface area (Å²) in [4.78, 5) is 4.19. The minimum absolute atomic E-state index is 0.293. The molecule has 1 aromatic carbocycles. The van der Waals surface area contributed by atoms with Crippen LogP contribution < -0.4 is 15.2 Å². The molecule has 1 aliphatic heterocycles. The molecule has 148 valence electrons. The van der Waals surface area contributed by atoms with E-state index in [4.69, 9.17) is 0 Å². The number of aryl methyl sites for hydroxylation is 1. The van der Waals surface area contributed by atoms with Crippen LogP contribution in [0.5, 0.6) is 5.75 Å². The molecule has 6 nitrogen and oxygen atoms in total. The van der Waals surface area contributed by atoms with Crippen LogP contribution in [-0.4, -0.2) is 21.1 Å². The second-order valence-electron chi connectivity index (χ2n) is 6.23. The van der Waals surface area contributed by atoms with E-state index in [1.54, 1.807) is 40.4 Å². The van der Waals surface area contributed by atoms with E-state index in [0.717, 1.165) is 22.8 Å². The van der Waals surface area contributed by atoms with Crippen LogP contribution in [0.1, 0.15) is 11.4 Å². The number of halogens is 3. The molecule has 2 aromatic heterocycles. The summed E-state index contributed by atoms with van der Waals surface area (Å²) in [5, 5.41) is 5.98. The Labute approximate surface area is 164 Å². The summed E-state index contributed by atoms with van der Waals surface area (Å²) in [5.74, 6) is -0.293. The zero-order valence-corrected chi connectivity index (χ0v) is 15.3. The average Bonchev–Trinajstić information content (AvgIpc) is 3.17. The highest BCUT2D eigenvalue weighted by molar-refractivity contribution is 5.69. The van der Waals surface area contributed by atoms with Gasteiger partial charge in [-0.05, 0) is 49.4 Å². The zero-order valence-electron chi connectivity index (χ0n) is 15.3. The molecule has 1 aliphatic rings. The van der Waals surface area contributed by atoms with E-state index in [1.807, 2.05) is 31.2 Å². The van der Waals surface area contributed by atoms with Crippen LogP contribution in [0.4, 0.5) is 18.9 Å². The maximum Gasteiger partial charge on any atom is 0.573 e. The van der Waals surface area contributed by atoms with Gasteiger partial charge in [0, 0.05) is 24.2 Å². The quantitative estimate of drug-likeness (QED) is 0.707. The Balaban J connectivity index is 1.60. The van der Waals surface area contributed by atoms with E-state index in [9.17, 15) is 13.2 Å². The van der Waals surface area contributed by atoms with Gasteiger partial charge in [-0.15, -0.1) is 13.2 Å². The normalized spacial score (nSPS) is 13.8. The van der Waals surface area contributed by atoms with Gasteiger partial charge in [-0.1, -0.05) is 6.07 Å². The van der Waals surface area contributed by atoms with Crippen LogP contribution in [0, 0.1) is 6.92 Å². The second-order valence-corrected chi connectivity index (χ2v) is 6.23. The lowest BCUT2D eigenvalue weighted by Gasteiger charge is -2.27. The fourth-order valence-corrected chi connectivity index (χ4v) is 2.93. The molecule has 1 N–H and O–H groups in total. The largest absolute Gasteiger partial charge is 0.573 e. The number of hydrogen-bond acceptors (Lipinski definition) is 5. The molecule has 3 heterocycles. The van der Waals surface area contributed by atoms with Crippen molar-refractivity contribution in [3.63, 3.8) is 0 Å². The minimum atomic E-state index is -4.75. The minimum Gasteiger partial charge on any atom is -0.406 e. The third-order valence-corrected chi connectivity index (χ3v) is 4.11. The first-order valence-electron chi connectivity index (χ1n) is 8.67. The van der Waals surface area contributed by atoms with Crippen LogP contribution in [0.15, 0.2) is 73.2 Å². The van der Waals surface area contributed by atoms with E-state index in [0.29, 0.717) is 5.69 Å². The van der Waals surface area contributed by atoms with Crippen molar-refractivity contribution in [2.75, 3.05) is 5.01 Å². The average molecular weight is 399 g/mol. The van der Waals surface area contributed by atoms with Gasteiger partial charge in [0.15, 0.2) is 0 Å². The Kier molecular flexibility index (Phi) is 4.71. The fourth-order valence-electron chi connectivity index (χ4n) is 2.93. The Morgan fingerprint density at radius 1 is 1.03 bits per heavy atom. The number of allylic oxidation sites excluding steroid dienone is 2. The van der Waals surface area contributed by atoms with Gasteiger partial charge >= 0.3 is 6.36 Å². The number of hydrazine groups is 1. The molecular weight excluding hydrogens is 383 g/mol. The van der Waals surface area contributed by atoms with Crippen LogP contribution in [0.25, 0.3) is 11.4 Å². The molecule has 4 rings (SSSR count). The number of nitrogens with one attached hydrogen (secondary N) is 1. The summed E-state index contributed by atoms with van der Waals surface area (Å²) in [6.45, 7) is 1.89. The van der Waals surface area contributed by atoms with Gasteiger partial charge in [-0.3, -0.25) is 15.4 Å². The summed E-state index contributed by atoms with van der Waals surface area (Å²) in [6.07, 6.45) is 3.98. The zero-order chi connectivity index (χ0) is 20.4. The molecule has 0 spiro atoms. The predicted octanol–water partition coefficient (Wildman–Crippen LogP) is 4.35. The van der Waals surface area contributed by atoms with Crippen molar-refractivity contribution >= 4 is 11.4 Å². The lowest BCUT2D eigenvalue weighted by molar-refractivity contribution is -0.274. The number of benzene rings is 1. The van der Waals surface area contributed by atoms with Gasteiger partial charge in [0.1, 0.15) is 5.75 Å². The van der Waals surface area contributed by atoms with Crippen molar-refractivity contribution in [2.24, 2.45) is 0 Å². The molecule has 0 amide bonds. The number of pyridine rings is 1. The van der Waals surface area contributed by atoms with Crippen LogP contribution in [0.2, 0.25) is 0 Å². The number of ether oxygens (including phenoxy) is 1. The highest BCUT2D eigenvalue weighted by atomic mass is 19.4. The van der Waals surface area contributed by atoms with Crippen LogP contribution in [0.3, 0.4) is 0 Å². The van der Waals surface area contributed by atoms with Crippen molar-refractivity contribution in [3.05, 3.63) is 84.6 Å². The maximum atomic E-state index is 12.5. The van der Waals surface area contributed by atoms with Crippen LogP contribution >= 0.6 is 0 Å². The van der Waals surface area contributed by atoms with Crippen molar-refractivity contribution in [3.8, 4) is 11.4 Å². The number of nitrogens with zero attached hydrogens (tertiary/aromatic N) is 4. The molecule has 0 aliphatic carbocycles. The van der Waals surface area contributed by atoms with E-state index in [2.05, 4.69) is 20.2 Å². The first-order valence-corrected chi connectivity index (χ1v) is 8.67. The molecule has 0 bridgehead atoms. The SMILES string of the molecule is Cc1cc(-n2nccc2C2=CC=CN(c3cccc(OC(F)(F)F)c3)N2)ccn1. The topological polar surface area (TPSA) is 55.2 Å². The van der Waals surface area contributed by atoms with Crippen molar-refractivity contribution < 1.29 is 17.9 Å². The Morgan fingerprint density at radius 2 is 1.90 bits per heavy atom. The Morgan fingerprint density at radius 3 is 2.69 bits per heavy atom. The van der Waals surface area contributed by atoms with Gasteiger partial charge in [0.25, 0.3) is 0 Å². The highest BCUT2D eigenvalue weighted by Crippen LogP contribution is 2.28. The predicted molar refractivity (Wildman–Crippen MR) is 102 cm³/mol. The molecule has 0 radical (unpaired) electrons. The highest BCUT2D eigenvalue weighted by Gasteiger charge is 2.31. The lowest BCUT2D eigenvalue weighted by atomic mass is 10.2. The monoisotopic (exact) mass is 399 g/mol. The summed E-state index contributed by atoms with van der Waals surface area (Å²) in [7, 11) is 0. The van der Waals surface area contributed by atoms with E-state index >= 15 is 0 Å². The summed E-state index contributed by atoms with van der Waals surface area (Å²) < 4.78 is 43.3. The fraction of sp³-hybridized carbons (Fsp3) is 0.100. The van der Waals surface area contributed by atoms with Crippen molar-refractivity contribution in [2.45, 2.75) is 13.3 Å². The standard InChI is InChI=1S/C20H16F3N5O/c1-14-12-16(7-9-24-14)28-19(8-10-25-28)18-6-3-11-27(26-18)15-4-2-5-17(13-15)29-20(21,22)23/h2-13,26H,1H3. The molecule has 3 aromatic rings. The van der Waals surface area contributed by atoms with Gasteiger partial charge in [0.2, 0.25) is 0 Å². The molecule has 29 heavy (non-hydrogen) atoms. The number of aromatic nitrogens is 3.